The number of nitrogens with zero attached hydrogens (tertiary/aromatic N) is 4. The Balaban J connectivity index is 1.64. The molecule has 1 aliphatic rings. The lowest BCUT2D eigenvalue weighted by molar-refractivity contribution is 0.220. The molecular weight excluding hydrogens is 262 g/mol. The van der Waals surface area contributed by atoms with Gasteiger partial charge in [-0.25, -0.2) is 9.97 Å². The first-order valence-corrected chi connectivity index (χ1v) is 7.33. The van der Waals surface area contributed by atoms with Crippen LogP contribution in [0.25, 0.3) is 0 Å². The Hall–Kier alpha value is -2.14. The quantitative estimate of drug-likeness (QED) is 0.930. The molecule has 0 spiro atoms. The third kappa shape index (κ3) is 3.31. The number of nitrogen functional groups attached to an aromatic ring is 1. The molecule has 5 heteroatoms. The van der Waals surface area contributed by atoms with E-state index >= 15 is 0 Å². The lowest BCUT2D eigenvalue weighted by Crippen LogP contribution is -2.51. The van der Waals surface area contributed by atoms with Gasteiger partial charge < -0.3 is 10.6 Å². The van der Waals surface area contributed by atoms with Gasteiger partial charge in [-0.1, -0.05) is 30.3 Å². The zero-order valence-corrected chi connectivity index (χ0v) is 12.3. The van der Waals surface area contributed by atoms with Gasteiger partial charge in [-0.3, -0.25) is 4.90 Å². The summed E-state index contributed by atoms with van der Waals surface area (Å²) in [6.45, 7) is 6.26. The van der Waals surface area contributed by atoms with E-state index in [9.17, 15) is 0 Å². The van der Waals surface area contributed by atoms with Crippen molar-refractivity contribution < 1.29 is 0 Å². The van der Waals surface area contributed by atoms with Crippen molar-refractivity contribution in [2.45, 2.75) is 19.5 Å². The highest BCUT2D eigenvalue weighted by atomic mass is 15.3. The predicted molar refractivity (Wildman–Crippen MR) is 85.0 cm³/mol. The molecule has 0 saturated carbocycles. The molecule has 2 heterocycles. The van der Waals surface area contributed by atoms with E-state index in [4.69, 9.17) is 5.73 Å². The van der Waals surface area contributed by atoms with Gasteiger partial charge in [0.25, 0.3) is 0 Å². The summed E-state index contributed by atoms with van der Waals surface area (Å²) in [7, 11) is 0. The monoisotopic (exact) mass is 283 g/mol. The first-order valence-electron chi connectivity index (χ1n) is 7.33. The van der Waals surface area contributed by atoms with Crippen molar-refractivity contribution in [2.24, 2.45) is 0 Å². The summed E-state index contributed by atoms with van der Waals surface area (Å²) < 4.78 is 0. The third-order valence-corrected chi connectivity index (χ3v) is 3.93. The molecule has 110 valence electrons. The Morgan fingerprint density at radius 3 is 2.71 bits per heavy atom. The minimum atomic E-state index is 0.414. The summed E-state index contributed by atoms with van der Waals surface area (Å²) in [6.07, 6.45) is 1.54. The maximum atomic E-state index is 5.75. The smallest absolute Gasteiger partial charge is 0.134 e. The molecule has 1 aromatic heterocycles. The van der Waals surface area contributed by atoms with Crippen molar-refractivity contribution in [3.05, 3.63) is 48.3 Å². The van der Waals surface area contributed by atoms with Gasteiger partial charge >= 0.3 is 0 Å². The first kappa shape index (κ1) is 13.8. The van der Waals surface area contributed by atoms with Crippen LogP contribution in [-0.2, 0) is 6.54 Å². The Morgan fingerprint density at radius 1 is 1.19 bits per heavy atom. The van der Waals surface area contributed by atoms with Gasteiger partial charge in [0.15, 0.2) is 0 Å². The topological polar surface area (TPSA) is 58.3 Å². The molecule has 1 saturated heterocycles. The highest BCUT2D eigenvalue weighted by molar-refractivity contribution is 5.47. The fraction of sp³-hybridized carbons (Fsp3) is 0.375. The molecule has 2 aromatic rings. The van der Waals surface area contributed by atoms with Gasteiger partial charge in [0.2, 0.25) is 0 Å². The highest BCUT2D eigenvalue weighted by Crippen LogP contribution is 2.20. The molecule has 0 bridgehead atoms. The van der Waals surface area contributed by atoms with Gasteiger partial charge in [0, 0.05) is 38.3 Å². The van der Waals surface area contributed by atoms with E-state index in [1.165, 1.54) is 11.9 Å². The number of benzene rings is 1. The maximum absolute atomic E-state index is 5.75. The SMILES string of the molecule is CC1CN(Cc2ccccc2)CCN1c1cc(N)ncn1. The van der Waals surface area contributed by atoms with Gasteiger partial charge in [0.1, 0.15) is 18.0 Å². The summed E-state index contributed by atoms with van der Waals surface area (Å²) in [5.74, 6) is 1.45. The fourth-order valence-corrected chi connectivity index (χ4v) is 2.88. The number of piperazine rings is 1. The van der Waals surface area contributed by atoms with Gasteiger partial charge in [-0.15, -0.1) is 0 Å². The van der Waals surface area contributed by atoms with Crippen molar-refractivity contribution in [3.8, 4) is 0 Å². The Kier molecular flexibility index (Phi) is 4.01. The predicted octanol–water partition coefficient (Wildman–Crippen LogP) is 1.77. The van der Waals surface area contributed by atoms with Crippen molar-refractivity contribution >= 4 is 11.6 Å². The van der Waals surface area contributed by atoms with E-state index in [0.29, 0.717) is 11.9 Å². The molecule has 5 nitrogen and oxygen atoms in total. The second kappa shape index (κ2) is 6.10. The minimum absolute atomic E-state index is 0.414. The Labute approximate surface area is 125 Å². The second-order valence-corrected chi connectivity index (χ2v) is 5.56. The summed E-state index contributed by atoms with van der Waals surface area (Å²) in [6, 6.07) is 12.9. The highest BCUT2D eigenvalue weighted by Gasteiger charge is 2.24. The van der Waals surface area contributed by atoms with E-state index < -0.39 is 0 Å². The Morgan fingerprint density at radius 2 is 2.00 bits per heavy atom. The van der Waals surface area contributed by atoms with Crippen LogP contribution in [0.15, 0.2) is 42.7 Å². The van der Waals surface area contributed by atoms with Crippen LogP contribution >= 0.6 is 0 Å². The number of hydrogen-bond acceptors (Lipinski definition) is 5. The van der Waals surface area contributed by atoms with Gasteiger partial charge in [-0.2, -0.15) is 0 Å². The van der Waals surface area contributed by atoms with Gasteiger partial charge in [0.05, 0.1) is 0 Å². The Bertz CT molecular complexity index is 586. The molecule has 1 unspecified atom stereocenters. The van der Waals surface area contributed by atoms with Crippen LogP contribution < -0.4 is 10.6 Å². The summed E-state index contributed by atoms with van der Waals surface area (Å²) in [5, 5.41) is 0. The van der Waals surface area contributed by atoms with E-state index in [1.54, 1.807) is 0 Å². The standard InChI is InChI=1S/C16H21N5/c1-13-10-20(11-14-5-3-2-4-6-14)7-8-21(13)16-9-15(17)18-12-19-16/h2-6,9,12-13H,7-8,10-11H2,1H3,(H2,17,18,19). The third-order valence-electron chi connectivity index (χ3n) is 3.93. The van der Waals surface area contributed by atoms with E-state index in [1.807, 2.05) is 6.07 Å². The number of aromatic nitrogens is 2. The minimum Gasteiger partial charge on any atom is -0.384 e. The van der Waals surface area contributed by atoms with Crippen LogP contribution in [0, 0.1) is 0 Å². The van der Waals surface area contributed by atoms with Crippen molar-refractivity contribution in [2.75, 3.05) is 30.3 Å². The van der Waals surface area contributed by atoms with Crippen LogP contribution in [0.3, 0.4) is 0 Å². The molecular formula is C16H21N5. The molecule has 1 fully saturated rings. The lowest BCUT2D eigenvalue weighted by atomic mass is 10.1. The van der Waals surface area contributed by atoms with Crippen LogP contribution in [-0.4, -0.2) is 40.5 Å². The number of nitrogens with two attached hydrogens (primary N) is 1. The molecule has 1 atom stereocenters. The fourth-order valence-electron chi connectivity index (χ4n) is 2.88. The zero-order valence-electron chi connectivity index (χ0n) is 12.3. The number of rotatable bonds is 3. The van der Waals surface area contributed by atoms with Crippen molar-refractivity contribution in [1.82, 2.24) is 14.9 Å². The molecule has 21 heavy (non-hydrogen) atoms. The largest absolute Gasteiger partial charge is 0.384 e. The van der Waals surface area contributed by atoms with Crippen LogP contribution in [0.1, 0.15) is 12.5 Å². The van der Waals surface area contributed by atoms with Crippen molar-refractivity contribution in [3.63, 3.8) is 0 Å². The molecule has 0 radical (unpaired) electrons. The summed E-state index contributed by atoms with van der Waals surface area (Å²) in [4.78, 5) is 13.1. The number of anilines is 2. The maximum Gasteiger partial charge on any atom is 0.134 e. The van der Waals surface area contributed by atoms with Crippen LogP contribution in [0.5, 0.6) is 0 Å². The molecule has 1 aromatic carbocycles. The molecule has 0 aliphatic carbocycles. The second-order valence-electron chi connectivity index (χ2n) is 5.56. The van der Waals surface area contributed by atoms with Crippen LogP contribution in [0.4, 0.5) is 11.6 Å². The summed E-state index contributed by atoms with van der Waals surface area (Å²) in [5.41, 5.74) is 7.12. The average Bonchev–Trinajstić information content (AvgIpc) is 2.48. The zero-order chi connectivity index (χ0) is 14.7. The molecule has 0 amide bonds. The molecule has 1 aliphatic heterocycles. The van der Waals surface area contributed by atoms with E-state index in [-0.39, 0.29) is 0 Å². The van der Waals surface area contributed by atoms with Crippen molar-refractivity contribution in [1.29, 1.82) is 0 Å². The van der Waals surface area contributed by atoms with Gasteiger partial charge in [-0.05, 0) is 12.5 Å². The van der Waals surface area contributed by atoms with Crippen LogP contribution in [0.2, 0.25) is 0 Å². The van der Waals surface area contributed by atoms with E-state index in [2.05, 4.69) is 57.0 Å². The summed E-state index contributed by atoms with van der Waals surface area (Å²) >= 11 is 0. The first-order chi connectivity index (χ1) is 10.2. The normalized spacial score (nSPS) is 19.7. The van der Waals surface area contributed by atoms with E-state index in [0.717, 1.165) is 32.0 Å². The number of hydrogen-bond donors (Lipinski definition) is 1. The average molecular weight is 283 g/mol. The lowest BCUT2D eigenvalue weighted by Gasteiger charge is -2.40. The molecule has 2 N–H and O–H groups in total. The molecule has 3 rings (SSSR count).